The number of hydroxylamine groups is 2. The van der Waals surface area contributed by atoms with Crippen LogP contribution in [0.25, 0.3) is 0 Å². The lowest BCUT2D eigenvalue weighted by molar-refractivity contribution is -0.140. The second kappa shape index (κ2) is 6.68. The number of aromatic nitrogens is 1. The van der Waals surface area contributed by atoms with E-state index in [-0.39, 0.29) is 18.1 Å². The molecule has 5 rings (SSSR count). The average Bonchev–Trinajstić information content (AvgIpc) is 3.23. The molecule has 3 heterocycles. The predicted octanol–water partition coefficient (Wildman–Crippen LogP) is 4.26. The predicted molar refractivity (Wildman–Crippen MR) is 98.6 cm³/mol. The number of nitrogens with zero attached hydrogens (tertiary/aromatic N) is 3. The van der Waals surface area contributed by atoms with Crippen LogP contribution in [0.3, 0.4) is 0 Å². The average molecular weight is 367 g/mol. The summed E-state index contributed by atoms with van der Waals surface area (Å²) in [5.74, 6) is 2.25. The number of carbonyl (C=O) groups is 1. The number of piperidine rings is 1. The second-order valence-electron chi connectivity index (χ2n) is 8.19. The number of fused-ring (bicyclic) bond motifs is 2. The lowest BCUT2D eigenvalue weighted by Gasteiger charge is -2.30. The van der Waals surface area contributed by atoms with E-state index in [9.17, 15) is 4.79 Å². The Morgan fingerprint density at radius 1 is 1.22 bits per heavy atom. The van der Waals surface area contributed by atoms with Crippen LogP contribution < -0.4 is 0 Å². The van der Waals surface area contributed by atoms with Crippen LogP contribution in [0.2, 0.25) is 0 Å². The SMILES string of the molecule is CC1CC(c2cc([C@@H]3CC[C@@H]4CN3C(=O)N4OCc3ccccc3)no2)C1. The zero-order valence-corrected chi connectivity index (χ0v) is 15.6. The molecule has 1 saturated carbocycles. The molecule has 0 spiro atoms. The van der Waals surface area contributed by atoms with Crippen molar-refractivity contribution in [2.24, 2.45) is 5.92 Å². The van der Waals surface area contributed by atoms with Gasteiger partial charge in [-0.3, -0.25) is 4.84 Å². The van der Waals surface area contributed by atoms with E-state index in [4.69, 9.17) is 9.36 Å². The molecule has 2 bridgehead atoms. The fraction of sp³-hybridized carbons (Fsp3) is 0.524. The van der Waals surface area contributed by atoms with Crippen molar-refractivity contribution in [3.63, 3.8) is 0 Å². The Bertz CT molecular complexity index is 815. The number of hydrogen-bond donors (Lipinski definition) is 0. The largest absolute Gasteiger partial charge is 0.361 e. The summed E-state index contributed by atoms with van der Waals surface area (Å²) >= 11 is 0. The number of amides is 2. The zero-order chi connectivity index (χ0) is 18.4. The number of carbonyl (C=O) groups excluding carboxylic acids is 1. The Balaban J connectivity index is 1.26. The van der Waals surface area contributed by atoms with E-state index in [1.807, 2.05) is 35.2 Å². The smallest absolute Gasteiger partial charge is 0.344 e. The van der Waals surface area contributed by atoms with Crippen LogP contribution >= 0.6 is 0 Å². The third kappa shape index (κ3) is 3.02. The highest BCUT2D eigenvalue weighted by Gasteiger charge is 2.47. The van der Waals surface area contributed by atoms with E-state index < -0.39 is 0 Å². The minimum atomic E-state index is -0.0553. The van der Waals surface area contributed by atoms with Crippen LogP contribution in [0.15, 0.2) is 40.9 Å². The van der Waals surface area contributed by atoms with E-state index in [0.717, 1.165) is 35.8 Å². The fourth-order valence-corrected chi connectivity index (χ4v) is 4.61. The Morgan fingerprint density at radius 2 is 2.04 bits per heavy atom. The van der Waals surface area contributed by atoms with Crippen molar-refractivity contribution in [3.8, 4) is 0 Å². The van der Waals surface area contributed by atoms with Gasteiger partial charge in [-0.25, -0.2) is 4.79 Å². The summed E-state index contributed by atoms with van der Waals surface area (Å²) in [6.07, 6.45) is 4.16. The Hall–Kier alpha value is -2.34. The van der Waals surface area contributed by atoms with Crippen molar-refractivity contribution in [1.82, 2.24) is 15.1 Å². The lowest BCUT2D eigenvalue weighted by Crippen LogP contribution is -2.34. The first-order valence-corrected chi connectivity index (χ1v) is 9.92. The molecular formula is C21H25N3O3. The molecule has 142 valence electrons. The zero-order valence-electron chi connectivity index (χ0n) is 15.6. The van der Waals surface area contributed by atoms with Gasteiger partial charge in [0.2, 0.25) is 0 Å². The standard InChI is InChI=1S/C21H25N3O3/c1-14-9-16(10-14)20-11-18(22-27-20)19-8-7-17-12-23(19)21(25)24(17)26-13-15-5-3-2-4-6-15/h2-6,11,14,16-17,19H,7-10,12-13H2,1H3/t14?,16?,17-,19+/m1/s1. The highest BCUT2D eigenvalue weighted by Crippen LogP contribution is 2.43. The Kier molecular flexibility index (Phi) is 4.16. The van der Waals surface area contributed by atoms with Gasteiger partial charge in [0.25, 0.3) is 0 Å². The first-order valence-electron chi connectivity index (χ1n) is 9.92. The summed E-state index contributed by atoms with van der Waals surface area (Å²) in [5, 5.41) is 5.88. The van der Waals surface area contributed by atoms with Gasteiger partial charge in [-0.15, -0.1) is 0 Å². The van der Waals surface area contributed by atoms with Gasteiger partial charge < -0.3 is 9.42 Å². The number of hydrogen-bond acceptors (Lipinski definition) is 4. The first-order chi connectivity index (χ1) is 13.2. The fourth-order valence-electron chi connectivity index (χ4n) is 4.61. The minimum Gasteiger partial charge on any atom is -0.361 e. The maximum absolute atomic E-state index is 12.9. The van der Waals surface area contributed by atoms with Crippen LogP contribution in [0.4, 0.5) is 4.79 Å². The van der Waals surface area contributed by atoms with Gasteiger partial charge in [-0.2, -0.15) is 5.06 Å². The Morgan fingerprint density at radius 3 is 2.81 bits per heavy atom. The molecule has 0 radical (unpaired) electrons. The third-order valence-corrected chi connectivity index (χ3v) is 6.20. The molecule has 0 unspecified atom stereocenters. The maximum Gasteiger partial charge on any atom is 0.344 e. The van der Waals surface area contributed by atoms with Crippen molar-refractivity contribution in [2.45, 2.75) is 57.2 Å². The number of benzene rings is 1. The molecule has 2 amide bonds. The van der Waals surface area contributed by atoms with Crippen molar-refractivity contribution >= 4 is 6.03 Å². The molecule has 1 aromatic carbocycles. The van der Waals surface area contributed by atoms with Crippen LogP contribution in [0, 0.1) is 5.92 Å². The summed E-state index contributed by atoms with van der Waals surface area (Å²) in [6, 6.07) is 12.1. The highest BCUT2D eigenvalue weighted by molar-refractivity contribution is 5.77. The maximum atomic E-state index is 12.9. The van der Waals surface area contributed by atoms with Crippen molar-refractivity contribution < 1.29 is 14.2 Å². The van der Waals surface area contributed by atoms with Crippen LogP contribution in [-0.4, -0.2) is 33.7 Å². The molecular weight excluding hydrogens is 342 g/mol. The quantitative estimate of drug-likeness (QED) is 0.792. The van der Waals surface area contributed by atoms with Gasteiger partial charge in [0.15, 0.2) is 0 Å². The minimum absolute atomic E-state index is 0.00549. The summed E-state index contributed by atoms with van der Waals surface area (Å²) in [6.45, 7) is 3.37. The topological polar surface area (TPSA) is 58.8 Å². The number of urea groups is 1. The van der Waals surface area contributed by atoms with Gasteiger partial charge in [0.05, 0.1) is 12.1 Å². The Labute approximate surface area is 159 Å². The molecule has 27 heavy (non-hydrogen) atoms. The molecule has 2 aliphatic heterocycles. The molecule has 6 nitrogen and oxygen atoms in total. The summed E-state index contributed by atoms with van der Waals surface area (Å²) in [7, 11) is 0. The normalized spacial score (nSPS) is 29.9. The summed E-state index contributed by atoms with van der Waals surface area (Å²) in [5.41, 5.74) is 1.95. The van der Waals surface area contributed by atoms with E-state index in [2.05, 4.69) is 18.1 Å². The molecule has 3 aliphatic rings. The number of rotatable bonds is 5. The molecule has 2 saturated heterocycles. The highest BCUT2D eigenvalue weighted by atomic mass is 16.7. The van der Waals surface area contributed by atoms with E-state index in [1.54, 1.807) is 5.06 Å². The van der Waals surface area contributed by atoms with Gasteiger partial charge in [0, 0.05) is 18.5 Å². The van der Waals surface area contributed by atoms with Crippen molar-refractivity contribution in [3.05, 3.63) is 53.4 Å². The lowest BCUT2D eigenvalue weighted by atomic mass is 9.75. The van der Waals surface area contributed by atoms with Gasteiger partial charge in [0.1, 0.15) is 18.1 Å². The van der Waals surface area contributed by atoms with Crippen molar-refractivity contribution in [2.75, 3.05) is 6.54 Å². The second-order valence-corrected chi connectivity index (χ2v) is 8.19. The van der Waals surface area contributed by atoms with E-state index >= 15 is 0 Å². The molecule has 2 atom stereocenters. The molecule has 1 aliphatic carbocycles. The van der Waals surface area contributed by atoms with E-state index in [0.29, 0.717) is 19.1 Å². The monoisotopic (exact) mass is 367 g/mol. The van der Waals surface area contributed by atoms with Gasteiger partial charge >= 0.3 is 6.03 Å². The van der Waals surface area contributed by atoms with Crippen LogP contribution in [0.1, 0.15) is 61.6 Å². The third-order valence-electron chi connectivity index (χ3n) is 6.20. The molecule has 3 fully saturated rings. The molecule has 2 aromatic rings. The van der Waals surface area contributed by atoms with Crippen molar-refractivity contribution in [1.29, 1.82) is 0 Å². The van der Waals surface area contributed by atoms with Crippen LogP contribution in [-0.2, 0) is 11.4 Å². The molecule has 1 aromatic heterocycles. The first kappa shape index (κ1) is 16.8. The van der Waals surface area contributed by atoms with Gasteiger partial charge in [-0.05, 0) is 37.2 Å². The van der Waals surface area contributed by atoms with Crippen LogP contribution in [0.5, 0.6) is 0 Å². The van der Waals surface area contributed by atoms with Gasteiger partial charge in [-0.1, -0.05) is 42.4 Å². The summed E-state index contributed by atoms with van der Waals surface area (Å²) < 4.78 is 5.61. The molecule has 6 heteroatoms. The molecule has 0 N–H and O–H groups in total. The summed E-state index contributed by atoms with van der Waals surface area (Å²) in [4.78, 5) is 20.7. The van der Waals surface area contributed by atoms with E-state index in [1.165, 1.54) is 12.8 Å².